The van der Waals surface area contributed by atoms with Crippen molar-refractivity contribution in [3.8, 4) is 17.2 Å². The lowest BCUT2D eigenvalue weighted by atomic mass is 10.00. The second-order valence-corrected chi connectivity index (χ2v) is 5.79. The molecule has 8 heteroatoms. The first-order chi connectivity index (χ1) is 12.5. The molecule has 0 spiro atoms. The lowest BCUT2D eigenvalue weighted by Gasteiger charge is -2.21. The Morgan fingerprint density at radius 3 is 2.12 bits per heavy atom. The van der Waals surface area contributed by atoms with E-state index in [1.54, 1.807) is 17.0 Å². The molecule has 1 aliphatic heterocycles. The number of amides is 1. The fraction of sp³-hybridized carbons (Fsp3) is 0.500. The number of hydrogen-bond donors (Lipinski definition) is 0. The zero-order valence-electron chi connectivity index (χ0n) is 15.4. The molecule has 1 aliphatic rings. The average Bonchev–Trinajstić information content (AvgIpc) is 2.87. The third-order valence-corrected chi connectivity index (χ3v) is 4.39. The molecule has 26 heavy (non-hydrogen) atoms. The largest absolute Gasteiger partial charge is 0.493 e. The predicted octanol–water partition coefficient (Wildman–Crippen LogP) is 1.31. The van der Waals surface area contributed by atoms with Crippen LogP contribution < -0.4 is 14.2 Å². The van der Waals surface area contributed by atoms with Crippen LogP contribution in [0.4, 0.5) is 0 Å². The maximum atomic E-state index is 12.9. The molecule has 0 N–H and O–H groups in total. The van der Waals surface area contributed by atoms with Crippen LogP contribution in [0.2, 0.25) is 0 Å². The van der Waals surface area contributed by atoms with Gasteiger partial charge in [-0.1, -0.05) is 0 Å². The first-order valence-corrected chi connectivity index (χ1v) is 8.16. The van der Waals surface area contributed by atoms with Crippen LogP contribution in [0, 0.1) is 5.92 Å². The van der Waals surface area contributed by atoms with E-state index in [1.165, 1.54) is 28.4 Å². The van der Waals surface area contributed by atoms with Gasteiger partial charge in [-0.15, -0.1) is 0 Å². The molecule has 0 aliphatic carbocycles. The summed E-state index contributed by atoms with van der Waals surface area (Å²) in [6.45, 7) is 0.517. The van der Waals surface area contributed by atoms with Crippen molar-refractivity contribution >= 4 is 17.7 Å². The van der Waals surface area contributed by atoms with Crippen molar-refractivity contribution in [1.82, 2.24) is 4.90 Å². The van der Waals surface area contributed by atoms with E-state index in [2.05, 4.69) is 4.74 Å². The number of carbonyl (C=O) groups is 3. The molecular weight excluding hydrogens is 342 g/mol. The molecule has 0 radical (unpaired) electrons. The van der Waals surface area contributed by atoms with Gasteiger partial charge in [0.2, 0.25) is 5.75 Å². The van der Waals surface area contributed by atoms with Gasteiger partial charge in [-0.25, -0.2) is 0 Å². The summed E-state index contributed by atoms with van der Waals surface area (Å²) >= 11 is 0. The number of hydrogen-bond acceptors (Lipinski definition) is 7. The number of rotatable bonds is 5. The Labute approximate surface area is 152 Å². The Bertz CT molecular complexity index is 676. The van der Waals surface area contributed by atoms with Crippen LogP contribution in [-0.4, -0.2) is 64.1 Å². The van der Waals surface area contributed by atoms with E-state index in [1.807, 2.05) is 0 Å². The van der Waals surface area contributed by atoms with Crippen LogP contribution >= 0.6 is 0 Å². The van der Waals surface area contributed by atoms with Crippen molar-refractivity contribution < 1.29 is 33.3 Å². The number of likely N-dealkylation sites (tertiary alicyclic amines) is 1. The maximum Gasteiger partial charge on any atom is 0.316 e. The van der Waals surface area contributed by atoms with Crippen molar-refractivity contribution in [3.05, 3.63) is 17.7 Å². The van der Waals surface area contributed by atoms with Gasteiger partial charge in [0.1, 0.15) is 11.7 Å². The topological polar surface area (TPSA) is 91.4 Å². The Hall–Kier alpha value is -2.77. The number of ether oxygens (including phenoxy) is 4. The highest BCUT2D eigenvalue weighted by molar-refractivity contribution is 6.00. The number of methoxy groups -OCH3 is 4. The summed E-state index contributed by atoms with van der Waals surface area (Å²) in [5, 5.41) is 0. The van der Waals surface area contributed by atoms with Gasteiger partial charge >= 0.3 is 5.97 Å². The number of esters is 1. The molecule has 1 unspecified atom stereocenters. The number of carbonyl (C=O) groups excluding carboxylic acids is 3. The summed E-state index contributed by atoms with van der Waals surface area (Å²) in [5.74, 6) is -0.736. The minimum Gasteiger partial charge on any atom is -0.493 e. The number of ketones is 1. The van der Waals surface area contributed by atoms with E-state index in [0.717, 1.165) is 0 Å². The molecule has 1 saturated heterocycles. The van der Waals surface area contributed by atoms with Crippen LogP contribution in [0.1, 0.15) is 23.2 Å². The third-order valence-electron chi connectivity index (χ3n) is 4.39. The van der Waals surface area contributed by atoms with Gasteiger partial charge in [-0.05, 0) is 18.6 Å². The van der Waals surface area contributed by atoms with E-state index < -0.39 is 11.9 Å². The minimum atomic E-state index is -0.822. The van der Waals surface area contributed by atoms with Gasteiger partial charge in [-0.3, -0.25) is 14.4 Å². The van der Waals surface area contributed by atoms with Gasteiger partial charge in [0.25, 0.3) is 5.91 Å². The monoisotopic (exact) mass is 365 g/mol. The van der Waals surface area contributed by atoms with Crippen LogP contribution in [0.5, 0.6) is 17.2 Å². The third kappa shape index (κ3) is 3.89. The SMILES string of the molecule is COC(=O)C1CCN(C(=O)c2cc(OC)c(OC)c(OC)c2)CCC1=O. The fourth-order valence-corrected chi connectivity index (χ4v) is 2.96. The lowest BCUT2D eigenvalue weighted by Crippen LogP contribution is -2.32. The van der Waals surface area contributed by atoms with E-state index >= 15 is 0 Å². The summed E-state index contributed by atoms with van der Waals surface area (Å²) in [7, 11) is 5.67. The van der Waals surface area contributed by atoms with E-state index in [4.69, 9.17) is 14.2 Å². The molecule has 1 aromatic rings. The fourth-order valence-electron chi connectivity index (χ4n) is 2.96. The van der Waals surface area contributed by atoms with Gasteiger partial charge in [0, 0.05) is 25.1 Å². The molecule has 0 aromatic heterocycles. The predicted molar refractivity (Wildman–Crippen MR) is 91.7 cm³/mol. The zero-order chi connectivity index (χ0) is 19.3. The highest BCUT2D eigenvalue weighted by atomic mass is 16.5. The van der Waals surface area contributed by atoms with Gasteiger partial charge < -0.3 is 23.8 Å². The summed E-state index contributed by atoms with van der Waals surface area (Å²) in [6.07, 6.45) is 0.345. The molecule has 1 heterocycles. The Morgan fingerprint density at radius 1 is 1.00 bits per heavy atom. The normalized spacial score (nSPS) is 17.3. The molecule has 142 valence electrons. The van der Waals surface area contributed by atoms with Crippen molar-refractivity contribution in [1.29, 1.82) is 0 Å². The second-order valence-electron chi connectivity index (χ2n) is 5.79. The van der Waals surface area contributed by atoms with E-state index in [0.29, 0.717) is 22.8 Å². The Balaban J connectivity index is 2.26. The zero-order valence-corrected chi connectivity index (χ0v) is 15.4. The molecule has 2 rings (SSSR count). The quantitative estimate of drug-likeness (QED) is 0.574. The maximum absolute atomic E-state index is 12.9. The number of Topliss-reactive ketones (excluding diaryl/α,β-unsaturated/α-hetero) is 1. The molecule has 0 bridgehead atoms. The molecular formula is C18H23NO7. The molecule has 1 amide bonds. The molecule has 0 saturated carbocycles. The highest BCUT2D eigenvalue weighted by Crippen LogP contribution is 2.38. The molecule has 8 nitrogen and oxygen atoms in total. The number of benzene rings is 1. The summed E-state index contributed by atoms with van der Waals surface area (Å²) in [4.78, 5) is 38.3. The summed E-state index contributed by atoms with van der Waals surface area (Å²) < 4.78 is 20.5. The van der Waals surface area contributed by atoms with E-state index in [-0.39, 0.29) is 37.6 Å². The lowest BCUT2D eigenvalue weighted by molar-refractivity contribution is -0.149. The van der Waals surface area contributed by atoms with Crippen LogP contribution in [-0.2, 0) is 14.3 Å². The van der Waals surface area contributed by atoms with Gasteiger partial charge in [0.05, 0.1) is 28.4 Å². The summed E-state index contributed by atoms with van der Waals surface area (Å²) in [5.41, 5.74) is 0.350. The van der Waals surface area contributed by atoms with Crippen LogP contribution in [0.15, 0.2) is 12.1 Å². The molecule has 1 fully saturated rings. The highest BCUT2D eigenvalue weighted by Gasteiger charge is 2.32. The smallest absolute Gasteiger partial charge is 0.316 e. The van der Waals surface area contributed by atoms with Crippen LogP contribution in [0.3, 0.4) is 0 Å². The van der Waals surface area contributed by atoms with Crippen molar-refractivity contribution in [2.24, 2.45) is 5.92 Å². The van der Waals surface area contributed by atoms with Crippen molar-refractivity contribution in [2.45, 2.75) is 12.8 Å². The Kier molecular flexibility index (Phi) is 6.43. The standard InChI is InChI=1S/C18H23NO7/c1-23-14-9-11(10-15(24-2)16(14)25-3)17(21)19-7-5-12(18(22)26-4)13(20)6-8-19/h9-10,12H,5-8H2,1-4H3. The molecule has 1 aromatic carbocycles. The Morgan fingerprint density at radius 2 is 1.62 bits per heavy atom. The van der Waals surface area contributed by atoms with Gasteiger partial charge in [0.15, 0.2) is 11.5 Å². The second kappa shape index (κ2) is 8.55. The number of nitrogens with zero attached hydrogens (tertiary/aromatic N) is 1. The average molecular weight is 365 g/mol. The summed E-state index contributed by atoms with van der Waals surface area (Å²) in [6, 6.07) is 3.13. The first-order valence-electron chi connectivity index (χ1n) is 8.16. The minimum absolute atomic E-state index is 0.107. The van der Waals surface area contributed by atoms with E-state index in [9.17, 15) is 14.4 Å². The van der Waals surface area contributed by atoms with Crippen molar-refractivity contribution in [3.63, 3.8) is 0 Å². The van der Waals surface area contributed by atoms with Crippen LogP contribution in [0.25, 0.3) is 0 Å². The molecule has 1 atom stereocenters. The first kappa shape index (κ1) is 19.6. The van der Waals surface area contributed by atoms with Gasteiger partial charge in [-0.2, -0.15) is 0 Å². The van der Waals surface area contributed by atoms with Crippen molar-refractivity contribution in [2.75, 3.05) is 41.5 Å².